The van der Waals surface area contributed by atoms with Crippen LogP contribution in [0.2, 0.25) is 0 Å². The number of esters is 4. The smallest absolute Gasteiger partial charge is 0.343 e. The lowest BCUT2D eigenvalue weighted by Gasteiger charge is -2.15. The Bertz CT molecular complexity index is 2010. The van der Waals surface area contributed by atoms with Crippen LogP contribution in [-0.4, -0.2) is 57.1 Å². The summed E-state index contributed by atoms with van der Waals surface area (Å²) in [6.45, 7) is 14.5. The van der Waals surface area contributed by atoms with E-state index in [1.165, 1.54) is 6.07 Å². The minimum Gasteiger partial charge on any atom is -0.490 e. The fraction of sp³-hybridized carbons (Fsp3) is 0.256. The summed E-state index contributed by atoms with van der Waals surface area (Å²) >= 11 is 0. The molecule has 0 aliphatic rings. The molecule has 12 nitrogen and oxygen atoms in total. The van der Waals surface area contributed by atoms with Crippen molar-refractivity contribution in [2.75, 3.05) is 33.2 Å². The molecular weight excluding hydrogens is 708 g/mol. The molecule has 4 aromatic carbocycles. The number of benzene rings is 4. The van der Waals surface area contributed by atoms with E-state index in [-0.39, 0.29) is 44.5 Å². The van der Waals surface area contributed by atoms with Crippen molar-refractivity contribution >= 4 is 34.6 Å². The SMILES string of the molecule is C=CC(=O)OCCCOc1ccc(C(=O)Oc2ccc(OCOc3ccc4cc(OC(=O)C(=C)C)ccc4c3)c(CCC)c2)cc1OCCCOC(=O)C=C. The minimum atomic E-state index is -0.621. The Morgan fingerprint density at radius 1 is 0.618 bits per heavy atom. The van der Waals surface area contributed by atoms with Gasteiger partial charge in [-0.1, -0.05) is 45.2 Å². The van der Waals surface area contributed by atoms with Crippen molar-refractivity contribution in [2.45, 2.75) is 39.5 Å². The first-order chi connectivity index (χ1) is 26.6. The van der Waals surface area contributed by atoms with Gasteiger partial charge in [-0.3, -0.25) is 0 Å². The lowest BCUT2D eigenvalue weighted by molar-refractivity contribution is -0.138. The van der Waals surface area contributed by atoms with Crippen LogP contribution < -0.4 is 28.4 Å². The molecule has 0 radical (unpaired) electrons. The van der Waals surface area contributed by atoms with E-state index in [2.05, 4.69) is 19.7 Å². The Hall–Kier alpha value is -6.56. The summed E-state index contributed by atoms with van der Waals surface area (Å²) in [5, 5.41) is 1.76. The van der Waals surface area contributed by atoms with Crippen molar-refractivity contribution in [2.24, 2.45) is 0 Å². The van der Waals surface area contributed by atoms with Crippen molar-refractivity contribution in [3.63, 3.8) is 0 Å². The zero-order valence-electron chi connectivity index (χ0n) is 31.0. The number of carbonyl (C=O) groups is 4. The molecule has 12 heteroatoms. The van der Waals surface area contributed by atoms with Gasteiger partial charge in [0, 0.05) is 30.6 Å². The predicted molar refractivity (Wildman–Crippen MR) is 205 cm³/mol. The molecule has 0 fully saturated rings. The number of carbonyl (C=O) groups excluding carboxylic acids is 4. The topological polar surface area (TPSA) is 142 Å². The molecular formula is C43H44O12. The summed E-state index contributed by atoms with van der Waals surface area (Å²) in [6.07, 6.45) is 4.42. The Labute approximate surface area is 319 Å². The van der Waals surface area contributed by atoms with Crippen molar-refractivity contribution in [1.29, 1.82) is 0 Å². The van der Waals surface area contributed by atoms with E-state index in [1.54, 1.807) is 55.5 Å². The third-order valence-corrected chi connectivity index (χ3v) is 7.64. The highest BCUT2D eigenvalue weighted by molar-refractivity contribution is 5.92. The van der Waals surface area contributed by atoms with Gasteiger partial charge < -0.3 is 37.9 Å². The van der Waals surface area contributed by atoms with Crippen LogP contribution in [0.3, 0.4) is 0 Å². The Morgan fingerprint density at radius 2 is 1.20 bits per heavy atom. The van der Waals surface area contributed by atoms with Crippen molar-refractivity contribution in [3.05, 3.63) is 121 Å². The average molecular weight is 753 g/mol. The molecule has 4 rings (SSSR count). The predicted octanol–water partition coefficient (Wildman–Crippen LogP) is 7.90. The van der Waals surface area contributed by atoms with Crippen molar-refractivity contribution < 1.29 is 57.1 Å². The third kappa shape index (κ3) is 13.1. The van der Waals surface area contributed by atoms with E-state index >= 15 is 0 Å². The van der Waals surface area contributed by atoms with Gasteiger partial charge in [-0.15, -0.1) is 0 Å². The zero-order chi connectivity index (χ0) is 39.6. The molecule has 288 valence electrons. The summed E-state index contributed by atoms with van der Waals surface area (Å²) in [4.78, 5) is 47.8. The first-order valence-electron chi connectivity index (χ1n) is 17.6. The molecule has 0 aromatic heterocycles. The van der Waals surface area contributed by atoms with Crippen LogP contribution in [0.15, 0.2) is 110 Å². The second-order valence-corrected chi connectivity index (χ2v) is 12.0. The van der Waals surface area contributed by atoms with E-state index in [0.29, 0.717) is 53.6 Å². The first-order valence-corrected chi connectivity index (χ1v) is 17.6. The number of aryl methyl sites for hydroxylation is 1. The lowest BCUT2D eigenvalue weighted by Crippen LogP contribution is -2.12. The maximum absolute atomic E-state index is 13.3. The van der Waals surface area contributed by atoms with Crippen LogP contribution in [0.1, 0.15) is 49.0 Å². The molecule has 0 saturated carbocycles. The standard InChI is InChI=1S/C43H44O12/c1-6-11-32-26-36(17-19-37(32)53-28-52-34-15-12-31-25-35(16-13-30(31)24-34)54-42(46)29(4)5)55-43(47)33-14-18-38(48-20-9-22-50-40(44)7-2)39(27-33)49-21-10-23-51-41(45)8-3/h7-8,12-19,24-27H,2-4,6,9-11,20-23,28H2,1,5H3. The molecule has 4 aromatic rings. The van der Waals surface area contributed by atoms with Gasteiger partial charge in [0.15, 0.2) is 11.5 Å². The van der Waals surface area contributed by atoms with Crippen LogP contribution >= 0.6 is 0 Å². The quantitative estimate of drug-likeness (QED) is 0.0253. The Balaban J connectivity index is 1.38. The van der Waals surface area contributed by atoms with Crippen LogP contribution in [-0.2, 0) is 30.3 Å². The highest BCUT2D eigenvalue weighted by Crippen LogP contribution is 2.31. The largest absolute Gasteiger partial charge is 0.490 e. The fourth-order valence-electron chi connectivity index (χ4n) is 4.91. The van der Waals surface area contributed by atoms with Crippen molar-refractivity contribution in [3.8, 4) is 34.5 Å². The molecule has 0 aliphatic carbocycles. The number of fused-ring (bicyclic) bond motifs is 1. The third-order valence-electron chi connectivity index (χ3n) is 7.64. The van der Waals surface area contributed by atoms with Gasteiger partial charge in [0.2, 0.25) is 6.79 Å². The van der Waals surface area contributed by atoms with Gasteiger partial charge in [-0.05, 0) is 90.3 Å². The number of rotatable bonds is 22. The monoisotopic (exact) mass is 752 g/mol. The highest BCUT2D eigenvalue weighted by Gasteiger charge is 2.16. The number of hydrogen-bond acceptors (Lipinski definition) is 12. The summed E-state index contributed by atoms with van der Waals surface area (Å²) < 4.78 is 44.6. The Kier molecular flexibility index (Phi) is 15.9. The molecule has 0 unspecified atom stereocenters. The molecule has 0 atom stereocenters. The number of ether oxygens (including phenoxy) is 8. The Morgan fingerprint density at radius 3 is 1.84 bits per heavy atom. The minimum absolute atomic E-state index is 0.0660. The molecule has 0 spiro atoms. The highest BCUT2D eigenvalue weighted by atomic mass is 16.7. The molecule has 0 bridgehead atoms. The van der Waals surface area contributed by atoms with Crippen LogP contribution in [0.4, 0.5) is 0 Å². The molecule has 0 heterocycles. The van der Waals surface area contributed by atoms with Gasteiger partial charge in [0.1, 0.15) is 23.0 Å². The van der Waals surface area contributed by atoms with E-state index in [4.69, 9.17) is 37.9 Å². The molecule has 55 heavy (non-hydrogen) atoms. The first kappa shape index (κ1) is 41.2. The van der Waals surface area contributed by atoms with Gasteiger partial charge in [0.05, 0.1) is 32.0 Å². The summed E-state index contributed by atoms with van der Waals surface area (Å²) in [5.41, 5.74) is 1.36. The summed E-state index contributed by atoms with van der Waals surface area (Å²) in [5.74, 6) is 0.397. The van der Waals surface area contributed by atoms with Crippen LogP contribution in [0, 0.1) is 0 Å². The zero-order valence-corrected chi connectivity index (χ0v) is 31.0. The normalized spacial score (nSPS) is 10.4. The van der Waals surface area contributed by atoms with Crippen LogP contribution in [0.5, 0.6) is 34.5 Å². The average Bonchev–Trinajstić information content (AvgIpc) is 3.18. The number of hydrogen-bond donors (Lipinski definition) is 0. The maximum Gasteiger partial charge on any atom is 0.343 e. The second-order valence-electron chi connectivity index (χ2n) is 12.0. The maximum atomic E-state index is 13.3. The van der Waals surface area contributed by atoms with E-state index in [0.717, 1.165) is 34.9 Å². The molecule has 0 N–H and O–H groups in total. The van der Waals surface area contributed by atoms with Crippen LogP contribution in [0.25, 0.3) is 10.8 Å². The summed E-state index contributed by atoms with van der Waals surface area (Å²) in [6, 6.07) is 20.6. The van der Waals surface area contributed by atoms with Gasteiger partial charge >= 0.3 is 23.9 Å². The van der Waals surface area contributed by atoms with E-state index < -0.39 is 23.9 Å². The molecule has 0 amide bonds. The summed E-state index contributed by atoms with van der Waals surface area (Å²) in [7, 11) is 0. The lowest BCUT2D eigenvalue weighted by atomic mass is 10.1. The van der Waals surface area contributed by atoms with E-state index in [9.17, 15) is 19.2 Å². The van der Waals surface area contributed by atoms with Gasteiger partial charge in [-0.25, -0.2) is 19.2 Å². The van der Waals surface area contributed by atoms with Gasteiger partial charge in [0.25, 0.3) is 0 Å². The van der Waals surface area contributed by atoms with Crippen molar-refractivity contribution in [1.82, 2.24) is 0 Å². The van der Waals surface area contributed by atoms with E-state index in [1.807, 2.05) is 25.1 Å². The molecule has 0 saturated heterocycles. The van der Waals surface area contributed by atoms with Gasteiger partial charge in [-0.2, -0.15) is 0 Å². The molecule has 0 aliphatic heterocycles. The fourth-order valence-corrected chi connectivity index (χ4v) is 4.91. The second kappa shape index (κ2) is 21.2.